The summed E-state index contributed by atoms with van der Waals surface area (Å²) in [5, 5.41) is 0. The Morgan fingerprint density at radius 3 is 2.18 bits per heavy atom. The first kappa shape index (κ1) is 22.8. The molecule has 0 amide bonds. The molecule has 3 aromatic rings. The number of carbonyl (C=O) groups excluding carboxylic acids is 1. The summed E-state index contributed by atoms with van der Waals surface area (Å²) in [5.41, 5.74) is 6.99. The van der Waals surface area contributed by atoms with Gasteiger partial charge in [0.05, 0.1) is 13.7 Å². The second kappa shape index (κ2) is 11.0. The van der Waals surface area contributed by atoms with E-state index < -0.39 is 6.04 Å². The number of aliphatic imine (C=N–C) groups is 1. The fraction of sp³-hybridized carbons (Fsp3) is 0.310. The fourth-order valence-electron chi connectivity index (χ4n) is 4.35. The zero-order valence-corrected chi connectivity index (χ0v) is 19.4. The van der Waals surface area contributed by atoms with E-state index in [2.05, 4.69) is 36.4 Å². The Morgan fingerprint density at radius 1 is 0.909 bits per heavy atom. The minimum atomic E-state index is -0.598. The van der Waals surface area contributed by atoms with E-state index in [4.69, 9.17) is 14.5 Å². The molecule has 4 aliphatic rings. The summed E-state index contributed by atoms with van der Waals surface area (Å²) >= 11 is 0. The maximum absolute atomic E-state index is 12.7. The smallest absolute Gasteiger partial charge is 0.331 e. The lowest BCUT2D eigenvalue weighted by Crippen LogP contribution is -2.24. The molecule has 33 heavy (non-hydrogen) atoms. The van der Waals surface area contributed by atoms with Crippen molar-refractivity contribution in [2.75, 3.05) is 13.7 Å². The van der Waals surface area contributed by atoms with Crippen molar-refractivity contribution < 1.29 is 14.3 Å². The van der Waals surface area contributed by atoms with Crippen molar-refractivity contribution >= 4 is 12.2 Å². The summed E-state index contributed by atoms with van der Waals surface area (Å²) in [4.78, 5) is 17.4. The number of hydrogen-bond donors (Lipinski definition) is 0. The molecule has 0 fully saturated rings. The SMILES string of the molecule is CCOC(=O)C(Cc1ccccc1)N=Cc1c2ccc(c1OC)CCc1ccc(cc1)CC2. The van der Waals surface area contributed by atoms with Crippen LogP contribution in [0.1, 0.15) is 40.3 Å². The van der Waals surface area contributed by atoms with Crippen LogP contribution >= 0.6 is 0 Å². The third kappa shape index (κ3) is 5.70. The van der Waals surface area contributed by atoms with Gasteiger partial charge in [-0.05, 0) is 60.4 Å². The fourth-order valence-corrected chi connectivity index (χ4v) is 4.35. The summed E-state index contributed by atoms with van der Waals surface area (Å²) in [6, 6.07) is 22.6. The molecule has 0 spiro atoms. The van der Waals surface area contributed by atoms with Crippen LogP contribution in [-0.4, -0.2) is 31.9 Å². The zero-order valence-electron chi connectivity index (χ0n) is 19.4. The number of methoxy groups -OCH3 is 1. The molecule has 4 nitrogen and oxygen atoms in total. The Balaban J connectivity index is 1.69. The highest BCUT2D eigenvalue weighted by atomic mass is 16.5. The summed E-state index contributed by atoms with van der Waals surface area (Å²) in [6.45, 7) is 2.16. The van der Waals surface area contributed by atoms with Gasteiger partial charge in [-0.3, -0.25) is 4.99 Å². The Kier molecular flexibility index (Phi) is 7.56. The molecule has 0 aliphatic heterocycles. The van der Waals surface area contributed by atoms with Crippen molar-refractivity contribution in [2.45, 2.75) is 45.1 Å². The molecule has 4 heteroatoms. The summed E-state index contributed by atoms with van der Waals surface area (Å²) in [5.74, 6) is 0.553. The number of aryl methyl sites for hydroxylation is 4. The molecule has 0 N–H and O–H groups in total. The number of benzene rings is 3. The average Bonchev–Trinajstić information content (AvgIpc) is 2.84. The summed E-state index contributed by atoms with van der Waals surface area (Å²) < 4.78 is 11.2. The molecule has 0 radical (unpaired) electrons. The van der Waals surface area contributed by atoms with Crippen molar-refractivity contribution in [3.8, 4) is 5.75 Å². The summed E-state index contributed by atoms with van der Waals surface area (Å²) in [6.07, 6.45) is 5.98. The highest BCUT2D eigenvalue weighted by Gasteiger charge is 2.20. The Bertz CT molecular complexity index is 1100. The molecule has 0 heterocycles. The van der Waals surface area contributed by atoms with Crippen LogP contribution in [0.5, 0.6) is 5.75 Å². The molecule has 4 bridgehead atoms. The number of nitrogens with zero attached hydrogens (tertiary/aromatic N) is 1. The van der Waals surface area contributed by atoms with Crippen molar-refractivity contribution in [3.63, 3.8) is 0 Å². The van der Waals surface area contributed by atoms with E-state index in [1.165, 1.54) is 16.7 Å². The minimum absolute atomic E-state index is 0.303. The predicted molar refractivity (Wildman–Crippen MR) is 132 cm³/mol. The van der Waals surface area contributed by atoms with Crippen molar-refractivity contribution in [2.24, 2.45) is 4.99 Å². The van der Waals surface area contributed by atoms with E-state index >= 15 is 0 Å². The molecule has 4 aliphatic carbocycles. The standard InChI is InChI=1S/C29H31NO3/c1-3-33-29(31)27(19-23-7-5-4-6-8-23)30-20-26-24-15-13-21-9-11-22(12-10-21)14-16-25(18-17-24)28(26)32-2/h4-12,17-18,20,27H,3,13-16,19H2,1-2H3. The first-order valence-electron chi connectivity index (χ1n) is 11.7. The molecule has 7 rings (SSSR count). The first-order chi connectivity index (χ1) is 16.2. The number of esters is 1. The molecule has 0 saturated carbocycles. The molecule has 1 atom stereocenters. The highest BCUT2D eigenvalue weighted by Crippen LogP contribution is 2.29. The molecule has 0 saturated heterocycles. The van der Waals surface area contributed by atoms with Crippen LogP contribution in [0.25, 0.3) is 0 Å². The van der Waals surface area contributed by atoms with Gasteiger partial charge in [-0.25, -0.2) is 4.79 Å². The monoisotopic (exact) mass is 441 g/mol. The van der Waals surface area contributed by atoms with Crippen LogP contribution in [-0.2, 0) is 41.6 Å². The van der Waals surface area contributed by atoms with Gasteiger partial charge in [-0.2, -0.15) is 0 Å². The molecule has 0 aromatic heterocycles. The Hall–Kier alpha value is -3.40. The number of carbonyl (C=O) groups is 1. The second-order valence-corrected chi connectivity index (χ2v) is 8.38. The van der Waals surface area contributed by atoms with Crippen LogP contribution in [0, 0.1) is 0 Å². The van der Waals surface area contributed by atoms with E-state index in [0.717, 1.165) is 48.1 Å². The van der Waals surface area contributed by atoms with Crippen LogP contribution in [0.2, 0.25) is 0 Å². The van der Waals surface area contributed by atoms with Crippen molar-refractivity contribution in [1.29, 1.82) is 0 Å². The number of hydrogen-bond acceptors (Lipinski definition) is 4. The molecule has 3 aromatic carbocycles. The van der Waals surface area contributed by atoms with Gasteiger partial charge >= 0.3 is 5.97 Å². The quantitative estimate of drug-likeness (QED) is 0.375. The predicted octanol–water partition coefficient (Wildman–Crippen LogP) is 5.17. The maximum Gasteiger partial charge on any atom is 0.331 e. The highest BCUT2D eigenvalue weighted by molar-refractivity contribution is 5.89. The van der Waals surface area contributed by atoms with Gasteiger partial charge in [-0.15, -0.1) is 0 Å². The third-order valence-corrected chi connectivity index (χ3v) is 6.18. The Labute approximate surface area is 196 Å². The van der Waals surface area contributed by atoms with Gasteiger partial charge in [0.1, 0.15) is 5.75 Å². The second-order valence-electron chi connectivity index (χ2n) is 8.38. The topological polar surface area (TPSA) is 47.9 Å². The van der Waals surface area contributed by atoms with E-state index in [9.17, 15) is 4.79 Å². The van der Waals surface area contributed by atoms with Gasteiger partial charge in [0.25, 0.3) is 0 Å². The lowest BCUT2D eigenvalue weighted by atomic mass is 9.92. The van der Waals surface area contributed by atoms with Crippen LogP contribution in [0.3, 0.4) is 0 Å². The van der Waals surface area contributed by atoms with Crippen LogP contribution in [0.4, 0.5) is 0 Å². The lowest BCUT2D eigenvalue weighted by Gasteiger charge is -2.18. The summed E-state index contributed by atoms with van der Waals surface area (Å²) in [7, 11) is 1.71. The average molecular weight is 442 g/mol. The van der Waals surface area contributed by atoms with E-state index in [1.54, 1.807) is 7.11 Å². The molecule has 170 valence electrons. The van der Waals surface area contributed by atoms with Crippen molar-refractivity contribution in [3.05, 3.63) is 100 Å². The molecular weight excluding hydrogens is 410 g/mol. The third-order valence-electron chi connectivity index (χ3n) is 6.18. The van der Waals surface area contributed by atoms with Gasteiger partial charge < -0.3 is 9.47 Å². The normalized spacial score (nSPS) is 14.0. The maximum atomic E-state index is 12.7. The largest absolute Gasteiger partial charge is 0.496 e. The van der Waals surface area contributed by atoms with Gasteiger partial charge in [0, 0.05) is 18.2 Å². The number of rotatable bonds is 7. The van der Waals surface area contributed by atoms with Gasteiger partial charge in [-0.1, -0.05) is 66.7 Å². The van der Waals surface area contributed by atoms with E-state index in [-0.39, 0.29) is 5.97 Å². The zero-order chi connectivity index (χ0) is 23.0. The van der Waals surface area contributed by atoms with Crippen LogP contribution < -0.4 is 4.74 Å². The first-order valence-corrected chi connectivity index (χ1v) is 11.7. The Morgan fingerprint density at radius 2 is 1.55 bits per heavy atom. The van der Waals surface area contributed by atoms with Crippen molar-refractivity contribution in [1.82, 2.24) is 0 Å². The van der Waals surface area contributed by atoms with Gasteiger partial charge in [0.2, 0.25) is 0 Å². The molecular formula is C29H31NO3. The molecule has 1 unspecified atom stereocenters. The minimum Gasteiger partial charge on any atom is -0.496 e. The van der Waals surface area contributed by atoms with E-state index in [0.29, 0.717) is 13.0 Å². The van der Waals surface area contributed by atoms with Crippen LogP contribution in [0.15, 0.2) is 71.7 Å². The van der Waals surface area contributed by atoms with Gasteiger partial charge in [0.15, 0.2) is 6.04 Å². The van der Waals surface area contributed by atoms with E-state index in [1.807, 2.05) is 43.5 Å². The number of ether oxygens (including phenoxy) is 2. The lowest BCUT2D eigenvalue weighted by molar-refractivity contribution is -0.144.